The number of carbonyl (C=O) groups excluding carboxylic acids is 1. The predicted octanol–water partition coefficient (Wildman–Crippen LogP) is 3.54. The Hall–Kier alpha value is -1.35. The number of benzene rings is 1. The van der Waals surface area contributed by atoms with Crippen molar-refractivity contribution < 1.29 is 18.0 Å². The molecule has 0 saturated heterocycles. The zero-order chi connectivity index (χ0) is 13.2. The molecule has 0 radical (unpaired) electrons. The first-order chi connectivity index (χ1) is 7.79. The van der Waals surface area contributed by atoms with Crippen LogP contribution in [0.3, 0.4) is 0 Å². The normalized spacial score (nSPS) is 12.9. The quantitative estimate of drug-likeness (QED) is 0.619. The van der Waals surface area contributed by atoms with E-state index in [2.05, 4.69) is 15.9 Å². The van der Waals surface area contributed by atoms with Crippen molar-refractivity contribution in [1.82, 2.24) is 0 Å². The lowest BCUT2D eigenvalue weighted by atomic mass is 9.96. The van der Waals surface area contributed by atoms with Gasteiger partial charge < -0.3 is 0 Å². The summed E-state index contributed by atoms with van der Waals surface area (Å²) in [5, 5.41) is 8.75. The van der Waals surface area contributed by atoms with Gasteiger partial charge in [0.25, 0.3) is 0 Å². The van der Waals surface area contributed by atoms with Crippen LogP contribution in [-0.2, 0) is 6.18 Å². The molecule has 0 N–H and O–H groups in total. The van der Waals surface area contributed by atoms with E-state index in [1.165, 1.54) is 13.0 Å². The standard InChI is InChI=1S/C11H7BrF3NO/c1-6(12)10(17)9-7(5-16)3-2-4-8(9)11(13,14)15/h2-4,6H,1H3. The SMILES string of the molecule is CC(Br)C(=O)c1c(C#N)cccc1C(F)(F)F. The Kier molecular flexibility index (Phi) is 3.94. The van der Waals surface area contributed by atoms with Gasteiger partial charge in [-0.3, -0.25) is 4.79 Å². The number of Topliss-reactive ketones (excluding diaryl/α,β-unsaturated/α-hetero) is 1. The third-order valence-electron chi connectivity index (χ3n) is 2.10. The molecule has 0 aliphatic rings. The van der Waals surface area contributed by atoms with Crippen molar-refractivity contribution in [2.24, 2.45) is 0 Å². The summed E-state index contributed by atoms with van der Waals surface area (Å²) in [6, 6.07) is 4.70. The van der Waals surface area contributed by atoms with Gasteiger partial charge in [-0.2, -0.15) is 18.4 Å². The largest absolute Gasteiger partial charge is 0.417 e. The summed E-state index contributed by atoms with van der Waals surface area (Å²) >= 11 is 2.91. The van der Waals surface area contributed by atoms with Crippen LogP contribution in [0.4, 0.5) is 13.2 Å². The highest BCUT2D eigenvalue weighted by Gasteiger charge is 2.37. The van der Waals surface area contributed by atoms with Crippen LogP contribution >= 0.6 is 15.9 Å². The molecule has 0 bridgehead atoms. The molecule has 0 aliphatic carbocycles. The van der Waals surface area contributed by atoms with Crippen LogP contribution in [0.5, 0.6) is 0 Å². The molecule has 1 aromatic rings. The first kappa shape index (κ1) is 13.7. The Morgan fingerprint density at radius 1 is 1.47 bits per heavy atom. The fourth-order valence-corrected chi connectivity index (χ4v) is 1.57. The molecule has 1 atom stereocenters. The Labute approximate surface area is 104 Å². The molecule has 0 heterocycles. The van der Waals surface area contributed by atoms with E-state index in [1.807, 2.05) is 0 Å². The first-order valence-corrected chi connectivity index (χ1v) is 5.49. The average molecular weight is 306 g/mol. The maximum atomic E-state index is 12.7. The summed E-state index contributed by atoms with van der Waals surface area (Å²) in [4.78, 5) is 10.9. The molecule has 1 aromatic carbocycles. The number of hydrogen-bond donors (Lipinski definition) is 0. The smallest absolute Gasteiger partial charge is 0.293 e. The van der Waals surface area contributed by atoms with E-state index in [0.717, 1.165) is 12.1 Å². The van der Waals surface area contributed by atoms with Gasteiger partial charge in [-0.15, -0.1) is 0 Å². The van der Waals surface area contributed by atoms with E-state index in [1.54, 1.807) is 6.07 Å². The highest BCUT2D eigenvalue weighted by Crippen LogP contribution is 2.34. The van der Waals surface area contributed by atoms with Crippen molar-refractivity contribution in [3.05, 3.63) is 34.9 Å². The van der Waals surface area contributed by atoms with Crippen LogP contribution < -0.4 is 0 Å². The summed E-state index contributed by atoms with van der Waals surface area (Å²) in [6.07, 6.45) is -4.65. The Balaban J connectivity index is 3.54. The molecule has 90 valence electrons. The van der Waals surface area contributed by atoms with Crippen molar-refractivity contribution in [1.29, 1.82) is 5.26 Å². The maximum Gasteiger partial charge on any atom is 0.417 e. The van der Waals surface area contributed by atoms with Crippen molar-refractivity contribution in [3.63, 3.8) is 0 Å². The summed E-state index contributed by atoms with van der Waals surface area (Å²) in [7, 11) is 0. The minimum absolute atomic E-state index is 0.267. The van der Waals surface area contributed by atoms with E-state index in [0.29, 0.717) is 0 Å². The second kappa shape index (κ2) is 4.88. The molecule has 0 saturated carbocycles. The van der Waals surface area contributed by atoms with Gasteiger partial charge in [0.05, 0.1) is 22.0 Å². The molecule has 0 fully saturated rings. The van der Waals surface area contributed by atoms with Gasteiger partial charge in [0.1, 0.15) is 0 Å². The van der Waals surface area contributed by atoms with Gasteiger partial charge in [-0.25, -0.2) is 0 Å². The first-order valence-electron chi connectivity index (χ1n) is 4.57. The van der Waals surface area contributed by atoms with Gasteiger partial charge in [0, 0.05) is 5.56 Å². The number of rotatable bonds is 2. The number of alkyl halides is 4. The lowest BCUT2D eigenvalue weighted by Crippen LogP contribution is -2.19. The molecule has 0 aliphatic heterocycles. The van der Waals surface area contributed by atoms with E-state index in [9.17, 15) is 18.0 Å². The third kappa shape index (κ3) is 2.86. The summed E-state index contributed by atoms with van der Waals surface area (Å²) in [5.41, 5.74) is -1.92. The van der Waals surface area contributed by atoms with Crippen LogP contribution in [0.25, 0.3) is 0 Å². The number of nitrogens with zero attached hydrogens (tertiary/aromatic N) is 1. The average Bonchev–Trinajstić information content (AvgIpc) is 2.25. The van der Waals surface area contributed by atoms with Crippen LogP contribution in [0, 0.1) is 11.3 Å². The topological polar surface area (TPSA) is 40.9 Å². The maximum absolute atomic E-state index is 12.7. The Morgan fingerprint density at radius 2 is 2.06 bits per heavy atom. The van der Waals surface area contributed by atoms with Gasteiger partial charge in [-0.05, 0) is 19.1 Å². The molecule has 1 rings (SSSR count). The fraction of sp³-hybridized carbons (Fsp3) is 0.273. The van der Waals surface area contributed by atoms with Crippen molar-refractivity contribution in [2.75, 3.05) is 0 Å². The van der Waals surface area contributed by atoms with Gasteiger partial charge >= 0.3 is 6.18 Å². The van der Waals surface area contributed by atoms with E-state index in [4.69, 9.17) is 5.26 Å². The second-order valence-corrected chi connectivity index (χ2v) is 4.69. The number of halogens is 4. The highest BCUT2D eigenvalue weighted by molar-refractivity contribution is 9.10. The summed E-state index contributed by atoms with van der Waals surface area (Å²) in [6.45, 7) is 1.41. The number of hydrogen-bond acceptors (Lipinski definition) is 2. The number of ketones is 1. The van der Waals surface area contributed by atoms with Crippen LogP contribution in [0.1, 0.15) is 28.4 Å². The summed E-state index contributed by atoms with van der Waals surface area (Å²) in [5.74, 6) is -0.755. The molecule has 1 unspecified atom stereocenters. The number of carbonyl (C=O) groups is 1. The molecule has 2 nitrogen and oxygen atoms in total. The second-order valence-electron chi connectivity index (χ2n) is 3.32. The fourth-order valence-electron chi connectivity index (χ4n) is 1.35. The highest BCUT2D eigenvalue weighted by atomic mass is 79.9. The van der Waals surface area contributed by atoms with Crippen molar-refractivity contribution >= 4 is 21.7 Å². The van der Waals surface area contributed by atoms with Crippen molar-refractivity contribution in [2.45, 2.75) is 17.9 Å². The van der Waals surface area contributed by atoms with Crippen LogP contribution in [-0.4, -0.2) is 10.6 Å². The van der Waals surface area contributed by atoms with E-state index < -0.39 is 27.9 Å². The van der Waals surface area contributed by atoms with Crippen molar-refractivity contribution in [3.8, 4) is 6.07 Å². The lowest BCUT2D eigenvalue weighted by Gasteiger charge is -2.14. The minimum Gasteiger partial charge on any atom is -0.293 e. The third-order valence-corrected chi connectivity index (χ3v) is 2.51. The molecule has 0 aromatic heterocycles. The van der Waals surface area contributed by atoms with Gasteiger partial charge in [-0.1, -0.05) is 22.0 Å². The molecular formula is C11H7BrF3NO. The van der Waals surface area contributed by atoms with Crippen LogP contribution in [0.15, 0.2) is 18.2 Å². The summed E-state index contributed by atoms with van der Waals surface area (Å²) < 4.78 is 38.1. The monoisotopic (exact) mass is 305 g/mol. The molecule has 6 heteroatoms. The Morgan fingerprint density at radius 3 is 2.47 bits per heavy atom. The predicted molar refractivity (Wildman–Crippen MR) is 58.9 cm³/mol. The zero-order valence-corrected chi connectivity index (χ0v) is 10.3. The van der Waals surface area contributed by atoms with E-state index in [-0.39, 0.29) is 5.56 Å². The van der Waals surface area contributed by atoms with Crippen LogP contribution in [0.2, 0.25) is 0 Å². The number of nitriles is 1. The molecule has 0 spiro atoms. The minimum atomic E-state index is -4.65. The van der Waals surface area contributed by atoms with E-state index >= 15 is 0 Å². The van der Waals surface area contributed by atoms with Gasteiger partial charge in [0.2, 0.25) is 0 Å². The van der Waals surface area contributed by atoms with Gasteiger partial charge in [0.15, 0.2) is 5.78 Å². The zero-order valence-electron chi connectivity index (χ0n) is 8.68. The molecule has 0 amide bonds. The lowest BCUT2D eigenvalue weighted by molar-refractivity contribution is -0.137. The molecular weight excluding hydrogens is 299 g/mol. The Bertz CT molecular complexity index is 488. The molecule has 17 heavy (non-hydrogen) atoms.